The van der Waals surface area contributed by atoms with Crippen molar-refractivity contribution in [2.45, 2.75) is 52.5 Å². The molecule has 0 fully saturated rings. The Balaban J connectivity index is 1.87. The molecule has 0 bridgehead atoms. The van der Waals surface area contributed by atoms with Crippen LogP contribution in [-0.4, -0.2) is 35.2 Å². The van der Waals surface area contributed by atoms with Gasteiger partial charge in [-0.15, -0.1) is 0 Å². The minimum Gasteiger partial charge on any atom is -0.354 e. The van der Waals surface area contributed by atoms with Gasteiger partial charge in [-0.3, -0.25) is 19.3 Å². The van der Waals surface area contributed by atoms with E-state index in [0.717, 1.165) is 18.4 Å². The molecule has 1 aliphatic heterocycles. The highest BCUT2D eigenvalue weighted by molar-refractivity contribution is 6.21. The van der Waals surface area contributed by atoms with Gasteiger partial charge in [0, 0.05) is 19.0 Å². The first-order valence-electron chi connectivity index (χ1n) is 8.20. The summed E-state index contributed by atoms with van der Waals surface area (Å²) in [5.74, 6) is -0.545. The van der Waals surface area contributed by atoms with Gasteiger partial charge in [-0.2, -0.15) is 0 Å². The van der Waals surface area contributed by atoms with Crippen molar-refractivity contribution in [1.29, 1.82) is 0 Å². The largest absolute Gasteiger partial charge is 0.354 e. The number of amides is 3. The molecule has 0 unspecified atom stereocenters. The van der Waals surface area contributed by atoms with Crippen molar-refractivity contribution < 1.29 is 14.4 Å². The molecule has 1 N–H and O–H groups in total. The Morgan fingerprint density at radius 2 is 1.91 bits per heavy atom. The van der Waals surface area contributed by atoms with E-state index in [1.54, 1.807) is 12.1 Å². The van der Waals surface area contributed by atoms with Gasteiger partial charge in [-0.05, 0) is 38.8 Å². The van der Waals surface area contributed by atoms with Crippen LogP contribution in [-0.2, 0) is 4.79 Å². The molecular weight excluding hydrogens is 292 g/mol. The molecule has 5 nitrogen and oxygen atoms in total. The molecule has 0 aromatic heterocycles. The fourth-order valence-electron chi connectivity index (χ4n) is 2.86. The third-order valence-electron chi connectivity index (χ3n) is 4.04. The maximum absolute atomic E-state index is 12.3. The van der Waals surface area contributed by atoms with Crippen molar-refractivity contribution in [3.8, 4) is 0 Å². The van der Waals surface area contributed by atoms with Gasteiger partial charge in [0.1, 0.15) is 0 Å². The van der Waals surface area contributed by atoms with Crippen LogP contribution < -0.4 is 5.32 Å². The van der Waals surface area contributed by atoms with E-state index in [-0.39, 0.29) is 30.3 Å². The molecule has 0 spiro atoms. The molecule has 0 radical (unpaired) electrons. The van der Waals surface area contributed by atoms with E-state index >= 15 is 0 Å². The third-order valence-corrected chi connectivity index (χ3v) is 4.04. The molecule has 1 aliphatic rings. The second kappa shape index (κ2) is 7.40. The molecule has 23 heavy (non-hydrogen) atoms. The van der Waals surface area contributed by atoms with E-state index in [1.807, 2.05) is 19.9 Å². The summed E-state index contributed by atoms with van der Waals surface area (Å²) in [7, 11) is 0. The molecule has 1 aromatic carbocycles. The Bertz CT molecular complexity index is 625. The van der Waals surface area contributed by atoms with E-state index in [1.165, 1.54) is 4.90 Å². The van der Waals surface area contributed by atoms with Crippen molar-refractivity contribution in [3.05, 3.63) is 34.9 Å². The summed E-state index contributed by atoms with van der Waals surface area (Å²) in [5.41, 5.74) is 1.88. The average Bonchev–Trinajstić information content (AvgIpc) is 2.72. The van der Waals surface area contributed by atoms with Crippen molar-refractivity contribution in [2.24, 2.45) is 0 Å². The van der Waals surface area contributed by atoms with E-state index in [9.17, 15) is 14.4 Å². The van der Waals surface area contributed by atoms with Crippen molar-refractivity contribution in [1.82, 2.24) is 10.2 Å². The zero-order valence-corrected chi connectivity index (χ0v) is 14.0. The van der Waals surface area contributed by atoms with E-state index < -0.39 is 0 Å². The normalized spacial score (nSPS) is 14.8. The number of nitrogens with zero attached hydrogens (tertiary/aromatic N) is 1. The van der Waals surface area contributed by atoms with Crippen LogP contribution in [0.15, 0.2) is 18.2 Å². The first-order valence-corrected chi connectivity index (χ1v) is 8.20. The quantitative estimate of drug-likeness (QED) is 0.787. The molecule has 1 aromatic rings. The highest BCUT2D eigenvalue weighted by Gasteiger charge is 2.34. The number of hydrogen-bond acceptors (Lipinski definition) is 3. The lowest BCUT2D eigenvalue weighted by atomic mass is 10.1. The zero-order chi connectivity index (χ0) is 17.0. The summed E-state index contributed by atoms with van der Waals surface area (Å²) >= 11 is 0. The lowest BCUT2D eigenvalue weighted by molar-refractivity contribution is -0.121. The first kappa shape index (κ1) is 17.2. The van der Waals surface area contributed by atoms with Crippen molar-refractivity contribution in [3.63, 3.8) is 0 Å². The van der Waals surface area contributed by atoms with Crippen LogP contribution in [0.2, 0.25) is 0 Å². The van der Waals surface area contributed by atoms with Crippen LogP contribution in [0.25, 0.3) is 0 Å². The third kappa shape index (κ3) is 3.97. The SMILES string of the molecule is CCC[C@H](C)NC(=O)CCCN1C(=O)c2ccc(C)cc2C1=O. The molecule has 1 atom stereocenters. The molecule has 0 saturated heterocycles. The maximum atomic E-state index is 12.3. The fourth-order valence-corrected chi connectivity index (χ4v) is 2.86. The van der Waals surface area contributed by atoms with Gasteiger partial charge < -0.3 is 5.32 Å². The predicted octanol–water partition coefficient (Wildman–Crippen LogP) is 2.68. The van der Waals surface area contributed by atoms with Crippen LogP contribution in [0.4, 0.5) is 0 Å². The Hall–Kier alpha value is -2.17. The lowest BCUT2D eigenvalue weighted by Crippen LogP contribution is -2.34. The summed E-state index contributed by atoms with van der Waals surface area (Å²) < 4.78 is 0. The molecule has 3 amide bonds. The maximum Gasteiger partial charge on any atom is 0.261 e. The summed E-state index contributed by atoms with van der Waals surface area (Å²) in [5, 5.41) is 2.93. The van der Waals surface area contributed by atoms with E-state index in [0.29, 0.717) is 24.0 Å². The molecule has 2 rings (SSSR count). The highest BCUT2D eigenvalue weighted by atomic mass is 16.2. The number of fused-ring (bicyclic) bond motifs is 1. The van der Waals surface area contributed by atoms with Crippen LogP contribution in [0.5, 0.6) is 0 Å². The van der Waals surface area contributed by atoms with Crippen molar-refractivity contribution >= 4 is 17.7 Å². The van der Waals surface area contributed by atoms with Gasteiger partial charge in [0.15, 0.2) is 0 Å². The van der Waals surface area contributed by atoms with E-state index in [4.69, 9.17) is 0 Å². The average molecular weight is 316 g/mol. The first-order chi connectivity index (χ1) is 10.9. The van der Waals surface area contributed by atoms with Crippen LogP contribution >= 0.6 is 0 Å². The summed E-state index contributed by atoms with van der Waals surface area (Å²) in [6.07, 6.45) is 2.77. The van der Waals surface area contributed by atoms with Gasteiger partial charge in [-0.25, -0.2) is 0 Å². The molecule has 5 heteroatoms. The molecule has 124 valence electrons. The number of carbonyl (C=O) groups excluding carboxylic acids is 3. The topological polar surface area (TPSA) is 66.5 Å². The number of rotatable bonds is 7. The standard InChI is InChI=1S/C18H24N2O3/c1-4-6-13(3)19-16(21)7-5-10-20-17(22)14-9-8-12(2)11-15(14)18(20)23/h8-9,11,13H,4-7,10H2,1-3H3,(H,19,21)/t13-/m0/s1. The monoisotopic (exact) mass is 316 g/mol. The number of benzene rings is 1. The second-order valence-electron chi connectivity index (χ2n) is 6.17. The van der Waals surface area contributed by atoms with Crippen LogP contribution in [0.3, 0.4) is 0 Å². The Labute approximate surface area is 137 Å². The summed E-state index contributed by atoms with van der Waals surface area (Å²) in [4.78, 5) is 37.6. The lowest BCUT2D eigenvalue weighted by Gasteiger charge is -2.15. The summed E-state index contributed by atoms with van der Waals surface area (Å²) in [6.45, 7) is 6.23. The fraction of sp³-hybridized carbons (Fsp3) is 0.500. The number of hydrogen-bond donors (Lipinski definition) is 1. The van der Waals surface area contributed by atoms with E-state index in [2.05, 4.69) is 12.2 Å². The predicted molar refractivity (Wildman–Crippen MR) is 88.3 cm³/mol. The molecule has 1 heterocycles. The van der Waals surface area contributed by atoms with Gasteiger partial charge in [0.2, 0.25) is 5.91 Å². The number of imide groups is 1. The molecule has 0 aliphatic carbocycles. The smallest absolute Gasteiger partial charge is 0.261 e. The number of carbonyl (C=O) groups is 3. The van der Waals surface area contributed by atoms with Gasteiger partial charge in [0.05, 0.1) is 11.1 Å². The number of aryl methyl sites for hydroxylation is 1. The Morgan fingerprint density at radius 1 is 1.22 bits per heavy atom. The highest BCUT2D eigenvalue weighted by Crippen LogP contribution is 2.24. The molecule has 0 saturated carbocycles. The minimum atomic E-state index is -0.259. The minimum absolute atomic E-state index is 0.0293. The zero-order valence-electron chi connectivity index (χ0n) is 14.0. The van der Waals surface area contributed by atoms with Gasteiger partial charge >= 0.3 is 0 Å². The molecular formula is C18H24N2O3. The Kier molecular flexibility index (Phi) is 5.53. The second-order valence-corrected chi connectivity index (χ2v) is 6.17. The summed E-state index contributed by atoms with van der Waals surface area (Å²) in [6, 6.07) is 5.43. The van der Waals surface area contributed by atoms with Gasteiger partial charge in [-0.1, -0.05) is 25.0 Å². The Morgan fingerprint density at radius 3 is 2.61 bits per heavy atom. The van der Waals surface area contributed by atoms with Gasteiger partial charge in [0.25, 0.3) is 11.8 Å². The van der Waals surface area contributed by atoms with Crippen molar-refractivity contribution in [2.75, 3.05) is 6.54 Å². The van der Waals surface area contributed by atoms with Crippen LogP contribution in [0, 0.1) is 6.92 Å². The number of nitrogens with one attached hydrogen (secondary N) is 1. The van der Waals surface area contributed by atoms with Crippen LogP contribution in [0.1, 0.15) is 65.8 Å².